The number of carbonyl (C=O) groups excluding carboxylic acids is 1. The molecule has 1 amide bonds. The summed E-state index contributed by atoms with van der Waals surface area (Å²) in [7, 11) is 0. The molecule has 0 saturated carbocycles. The zero-order chi connectivity index (χ0) is 14.3. The Morgan fingerprint density at radius 2 is 2.11 bits per heavy atom. The molecule has 98 valence electrons. The monoisotopic (exact) mass is 268 g/mol. The van der Waals surface area contributed by atoms with Gasteiger partial charge in [0.05, 0.1) is 6.40 Å². The number of rotatable bonds is 7. The maximum Gasteiger partial charge on any atom is 0.326 e. The molecule has 2 atom stereocenters. The molecule has 0 aliphatic rings. The van der Waals surface area contributed by atoms with Crippen LogP contribution in [0.3, 0.4) is 0 Å². The lowest BCUT2D eigenvalue weighted by Gasteiger charge is -2.13. The highest BCUT2D eigenvalue weighted by atomic mass is 32.2. The molecule has 0 aromatic heterocycles. The molecule has 0 fully saturated rings. The van der Waals surface area contributed by atoms with Gasteiger partial charge in [0.25, 0.3) is 0 Å². The minimum atomic E-state index is -1.10. The molecule has 4 nitrogen and oxygen atoms in total. The second kappa shape index (κ2) is 7.76. The van der Waals surface area contributed by atoms with E-state index in [0.29, 0.717) is 17.7 Å². The van der Waals surface area contributed by atoms with Crippen molar-refractivity contribution < 1.29 is 16.1 Å². The minimum absolute atomic E-state index is 0.351. The summed E-state index contributed by atoms with van der Waals surface area (Å²) in [6.07, 6.45) is 1.12. The fourth-order valence-corrected chi connectivity index (χ4v) is 1.88. The summed E-state index contributed by atoms with van der Waals surface area (Å²) in [6, 6.07) is 7.70. The van der Waals surface area contributed by atoms with Crippen LogP contribution < -0.4 is 5.32 Å². The first-order valence-electron chi connectivity index (χ1n) is 6.13. The molecule has 18 heavy (non-hydrogen) atoms. The van der Waals surface area contributed by atoms with Crippen LogP contribution in [-0.2, 0) is 16.0 Å². The number of thioether (sulfide) groups is 1. The average molecular weight is 268 g/mol. The van der Waals surface area contributed by atoms with Crippen molar-refractivity contribution in [2.75, 3.05) is 12.0 Å². The van der Waals surface area contributed by atoms with Crippen molar-refractivity contribution in [2.45, 2.75) is 18.9 Å². The van der Waals surface area contributed by atoms with Crippen molar-refractivity contribution in [3.05, 3.63) is 35.9 Å². The van der Waals surface area contributed by atoms with E-state index in [1.807, 2.05) is 6.26 Å². The number of benzene rings is 1. The maximum atomic E-state index is 11.9. The number of carboxylic acid groups (broad SMARTS) is 1. The highest BCUT2D eigenvalue weighted by Gasteiger charge is 2.19. The first-order valence-corrected chi connectivity index (χ1v) is 6.95. The van der Waals surface area contributed by atoms with E-state index in [-0.39, 0.29) is 0 Å². The Kier molecular flexibility index (Phi) is 5.59. The molecule has 1 aromatic rings. The normalized spacial score (nSPS) is 14.4. The molecule has 0 saturated heterocycles. The van der Waals surface area contributed by atoms with Gasteiger partial charge in [0.1, 0.15) is 6.04 Å². The zero-order valence-electron chi connectivity index (χ0n) is 11.1. The largest absolute Gasteiger partial charge is 0.480 e. The highest BCUT2D eigenvalue weighted by Crippen LogP contribution is 2.03. The predicted octanol–water partition coefficient (Wildman–Crippen LogP) is 1.55. The van der Waals surface area contributed by atoms with Crippen LogP contribution in [0, 0.1) is 0 Å². The summed E-state index contributed by atoms with van der Waals surface area (Å²) in [5.41, 5.74) is 0.550. The van der Waals surface area contributed by atoms with Crippen LogP contribution in [0.5, 0.6) is 0 Å². The first kappa shape index (κ1) is 13.0. The summed E-state index contributed by atoms with van der Waals surface area (Å²) in [5, 5.41) is 11.4. The van der Waals surface area contributed by atoms with Gasteiger partial charge in [-0.3, -0.25) is 4.79 Å². The number of amides is 1. The van der Waals surface area contributed by atoms with E-state index in [1.54, 1.807) is 30.3 Å². The van der Waals surface area contributed by atoms with Crippen LogP contribution in [0.2, 0.25) is 0 Å². The molecule has 1 rings (SSSR count). The van der Waals surface area contributed by atoms with Crippen molar-refractivity contribution >= 4 is 23.6 Å². The lowest BCUT2D eigenvalue weighted by molar-refractivity contribution is -0.141. The van der Waals surface area contributed by atoms with Gasteiger partial charge in [0.2, 0.25) is 5.91 Å². The van der Waals surface area contributed by atoms with E-state index >= 15 is 0 Å². The Bertz CT molecular complexity index is 427. The third-order valence-corrected chi connectivity index (χ3v) is 2.97. The number of aliphatic carboxylic acids is 1. The van der Waals surface area contributed by atoms with Crippen LogP contribution in [-0.4, -0.2) is 35.0 Å². The SMILES string of the molecule is [2H]C(C(=O)N[C@@H](CCSC)C(=O)O)c1ccccc1. The van der Waals surface area contributed by atoms with Crippen molar-refractivity contribution in [2.24, 2.45) is 0 Å². The molecular formula is C13H17NO3S. The van der Waals surface area contributed by atoms with E-state index < -0.39 is 24.3 Å². The van der Waals surface area contributed by atoms with Gasteiger partial charge in [0, 0.05) is 1.37 Å². The van der Waals surface area contributed by atoms with Crippen molar-refractivity contribution in [3.8, 4) is 0 Å². The summed E-state index contributed by atoms with van der Waals surface area (Å²) in [5.74, 6) is -1.01. The van der Waals surface area contributed by atoms with Gasteiger partial charge >= 0.3 is 5.97 Å². The maximum absolute atomic E-state index is 11.9. The van der Waals surface area contributed by atoms with Crippen LogP contribution >= 0.6 is 11.8 Å². The fraction of sp³-hybridized carbons (Fsp3) is 0.385. The lowest BCUT2D eigenvalue weighted by Crippen LogP contribution is -2.41. The van der Waals surface area contributed by atoms with Crippen LogP contribution in [0.4, 0.5) is 0 Å². The van der Waals surface area contributed by atoms with E-state index in [1.165, 1.54) is 11.8 Å². The second-order valence-corrected chi connectivity index (χ2v) is 4.72. The standard InChI is InChI=1S/C13H17NO3S/c1-18-8-7-11(13(16)17)14-12(15)9-10-5-3-2-4-6-10/h2-6,11H,7-9H2,1H3,(H,14,15)(H,16,17)/t11-/m0/s1/i9D/t9?,11-. The van der Waals surface area contributed by atoms with E-state index in [4.69, 9.17) is 6.48 Å². The fourth-order valence-electron chi connectivity index (χ4n) is 1.41. The summed E-state index contributed by atoms with van der Waals surface area (Å²) in [4.78, 5) is 22.9. The number of hydrogen-bond donors (Lipinski definition) is 2. The Morgan fingerprint density at radius 1 is 1.44 bits per heavy atom. The van der Waals surface area contributed by atoms with Crippen LogP contribution in [0.25, 0.3) is 0 Å². The van der Waals surface area contributed by atoms with Crippen molar-refractivity contribution in [1.82, 2.24) is 5.32 Å². The Balaban J connectivity index is 2.64. The van der Waals surface area contributed by atoms with Crippen LogP contribution in [0.1, 0.15) is 13.4 Å². The quantitative estimate of drug-likeness (QED) is 0.787. The van der Waals surface area contributed by atoms with Crippen molar-refractivity contribution in [1.29, 1.82) is 0 Å². The topological polar surface area (TPSA) is 66.4 Å². The Morgan fingerprint density at radius 3 is 2.67 bits per heavy atom. The third kappa shape index (κ3) is 5.23. The van der Waals surface area contributed by atoms with Gasteiger partial charge in [-0.15, -0.1) is 0 Å². The van der Waals surface area contributed by atoms with E-state index in [2.05, 4.69) is 5.32 Å². The zero-order valence-corrected chi connectivity index (χ0v) is 10.9. The molecular weight excluding hydrogens is 250 g/mol. The Hall–Kier alpha value is -1.49. The molecule has 2 N–H and O–H groups in total. The minimum Gasteiger partial charge on any atom is -0.480 e. The average Bonchev–Trinajstić information content (AvgIpc) is 2.43. The van der Waals surface area contributed by atoms with Gasteiger partial charge < -0.3 is 10.4 Å². The first-order chi connectivity index (χ1) is 9.06. The van der Waals surface area contributed by atoms with Gasteiger partial charge in [-0.2, -0.15) is 11.8 Å². The van der Waals surface area contributed by atoms with E-state index in [9.17, 15) is 9.59 Å². The summed E-state index contributed by atoms with van der Waals surface area (Å²) >= 11 is 1.52. The van der Waals surface area contributed by atoms with Crippen LogP contribution in [0.15, 0.2) is 30.3 Å². The number of nitrogens with one attached hydrogen (secondary N) is 1. The van der Waals surface area contributed by atoms with E-state index in [0.717, 1.165) is 0 Å². The predicted molar refractivity (Wildman–Crippen MR) is 72.7 cm³/mol. The third-order valence-electron chi connectivity index (χ3n) is 2.32. The summed E-state index contributed by atoms with van der Waals surface area (Å²) < 4.78 is 7.82. The number of carboxylic acids is 1. The molecule has 0 radical (unpaired) electrons. The molecule has 5 heteroatoms. The van der Waals surface area contributed by atoms with Gasteiger partial charge in [-0.25, -0.2) is 4.79 Å². The smallest absolute Gasteiger partial charge is 0.326 e. The van der Waals surface area contributed by atoms with Gasteiger partial charge in [-0.05, 0) is 24.0 Å². The molecule has 1 aromatic carbocycles. The molecule has 1 unspecified atom stereocenters. The van der Waals surface area contributed by atoms with Gasteiger partial charge in [0.15, 0.2) is 0 Å². The van der Waals surface area contributed by atoms with Crippen molar-refractivity contribution in [3.63, 3.8) is 0 Å². The highest BCUT2D eigenvalue weighted by molar-refractivity contribution is 7.98. The lowest BCUT2D eigenvalue weighted by atomic mass is 10.1. The molecule has 0 spiro atoms. The molecule has 0 heterocycles. The number of carbonyl (C=O) groups is 2. The molecule has 0 bridgehead atoms. The molecule has 0 aliphatic heterocycles. The molecule has 0 aliphatic carbocycles. The number of hydrogen-bond acceptors (Lipinski definition) is 3. The summed E-state index contributed by atoms with van der Waals surface area (Å²) in [6.45, 7) is 0. The van der Waals surface area contributed by atoms with Gasteiger partial charge in [-0.1, -0.05) is 30.3 Å². The Labute approximate surface area is 112 Å². The second-order valence-electron chi connectivity index (χ2n) is 3.74.